The van der Waals surface area contributed by atoms with E-state index in [0.29, 0.717) is 5.56 Å². The monoisotopic (exact) mass is 345 g/mol. The highest BCUT2D eigenvalue weighted by molar-refractivity contribution is 5.93. The van der Waals surface area contributed by atoms with Crippen LogP contribution in [0.1, 0.15) is 18.1 Å². The van der Waals surface area contributed by atoms with Gasteiger partial charge in [0, 0.05) is 31.4 Å². The first-order valence-electron chi connectivity index (χ1n) is 7.83. The van der Waals surface area contributed by atoms with Crippen molar-refractivity contribution < 1.29 is 18.7 Å². The smallest absolute Gasteiger partial charge is 0.325 e. The van der Waals surface area contributed by atoms with E-state index in [0.717, 1.165) is 5.56 Å². The van der Waals surface area contributed by atoms with E-state index in [9.17, 15) is 14.0 Å². The molecular formula is C18H20FN3O3. The van der Waals surface area contributed by atoms with Crippen LogP contribution in [-0.2, 0) is 27.9 Å². The molecule has 0 spiro atoms. The Morgan fingerprint density at radius 3 is 2.64 bits per heavy atom. The molecule has 0 bridgehead atoms. The summed E-state index contributed by atoms with van der Waals surface area (Å²) in [6.07, 6.45) is 6.39. The SMILES string of the molecule is CCOC(=O)CN(Cc1ccc(F)cc1)C(=O)/C=C\c1cnn(C)c1. The zero-order valence-electron chi connectivity index (χ0n) is 14.2. The summed E-state index contributed by atoms with van der Waals surface area (Å²) in [6, 6.07) is 5.78. The van der Waals surface area contributed by atoms with Crippen molar-refractivity contribution in [3.8, 4) is 0 Å². The molecule has 132 valence electrons. The number of amides is 1. The number of aryl methyl sites for hydroxylation is 1. The molecule has 0 aliphatic heterocycles. The maximum Gasteiger partial charge on any atom is 0.325 e. The summed E-state index contributed by atoms with van der Waals surface area (Å²) in [5.74, 6) is -1.20. The molecule has 0 saturated carbocycles. The molecule has 1 amide bonds. The molecule has 0 radical (unpaired) electrons. The van der Waals surface area contributed by atoms with E-state index in [4.69, 9.17) is 4.74 Å². The van der Waals surface area contributed by atoms with Gasteiger partial charge < -0.3 is 9.64 Å². The molecule has 0 unspecified atom stereocenters. The number of halogens is 1. The van der Waals surface area contributed by atoms with Crippen molar-refractivity contribution in [1.29, 1.82) is 0 Å². The van der Waals surface area contributed by atoms with Crippen molar-refractivity contribution >= 4 is 18.0 Å². The molecule has 7 heteroatoms. The molecule has 1 heterocycles. The van der Waals surface area contributed by atoms with Crippen LogP contribution < -0.4 is 0 Å². The molecule has 0 atom stereocenters. The molecule has 0 saturated heterocycles. The van der Waals surface area contributed by atoms with Gasteiger partial charge in [-0.1, -0.05) is 12.1 Å². The lowest BCUT2D eigenvalue weighted by atomic mass is 10.2. The van der Waals surface area contributed by atoms with Crippen LogP contribution in [0.5, 0.6) is 0 Å². The van der Waals surface area contributed by atoms with Crippen molar-refractivity contribution in [1.82, 2.24) is 14.7 Å². The van der Waals surface area contributed by atoms with Crippen LogP contribution >= 0.6 is 0 Å². The van der Waals surface area contributed by atoms with E-state index in [1.165, 1.54) is 23.1 Å². The van der Waals surface area contributed by atoms with Gasteiger partial charge in [0.2, 0.25) is 5.91 Å². The van der Waals surface area contributed by atoms with Crippen LogP contribution in [0.4, 0.5) is 4.39 Å². The third kappa shape index (κ3) is 5.87. The van der Waals surface area contributed by atoms with Crippen molar-refractivity contribution in [2.24, 2.45) is 7.05 Å². The van der Waals surface area contributed by atoms with Crippen LogP contribution in [0.3, 0.4) is 0 Å². The highest BCUT2D eigenvalue weighted by Crippen LogP contribution is 2.09. The molecular weight excluding hydrogens is 325 g/mol. The number of hydrogen-bond donors (Lipinski definition) is 0. The highest BCUT2D eigenvalue weighted by Gasteiger charge is 2.16. The Kier molecular flexibility index (Phi) is 6.45. The van der Waals surface area contributed by atoms with Gasteiger partial charge in [0.05, 0.1) is 12.8 Å². The Morgan fingerprint density at radius 1 is 1.32 bits per heavy atom. The minimum Gasteiger partial charge on any atom is -0.465 e. The van der Waals surface area contributed by atoms with E-state index in [1.54, 1.807) is 49.3 Å². The van der Waals surface area contributed by atoms with E-state index in [-0.39, 0.29) is 31.4 Å². The largest absolute Gasteiger partial charge is 0.465 e. The number of benzene rings is 1. The third-order valence-electron chi connectivity index (χ3n) is 3.37. The summed E-state index contributed by atoms with van der Waals surface area (Å²) < 4.78 is 19.6. The zero-order chi connectivity index (χ0) is 18.2. The number of ether oxygens (including phenoxy) is 1. The van der Waals surface area contributed by atoms with Crippen molar-refractivity contribution in [2.45, 2.75) is 13.5 Å². The number of aromatic nitrogens is 2. The summed E-state index contributed by atoms with van der Waals surface area (Å²) in [4.78, 5) is 25.6. The van der Waals surface area contributed by atoms with Crippen LogP contribution in [0.25, 0.3) is 6.08 Å². The fraction of sp³-hybridized carbons (Fsp3) is 0.278. The van der Waals surface area contributed by atoms with Gasteiger partial charge in [-0.15, -0.1) is 0 Å². The number of rotatable bonds is 7. The Bertz CT molecular complexity index is 753. The molecule has 1 aromatic heterocycles. The lowest BCUT2D eigenvalue weighted by Gasteiger charge is -2.20. The fourth-order valence-electron chi connectivity index (χ4n) is 2.18. The lowest BCUT2D eigenvalue weighted by molar-refractivity contribution is -0.148. The molecule has 0 aliphatic rings. The standard InChI is InChI=1S/C18H20FN3O3/c1-3-25-18(24)13-22(12-14-4-7-16(19)8-5-14)17(23)9-6-15-10-20-21(2)11-15/h4-11H,3,12-13H2,1-2H3/b9-6-. The van der Waals surface area contributed by atoms with Crippen LogP contribution in [0.2, 0.25) is 0 Å². The van der Waals surface area contributed by atoms with Gasteiger partial charge in [-0.05, 0) is 30.7 Å². The number of hydrogen-bond acceptors (Lipinski definition) is 4. The van der Waals surface area contributed by atoms with Gasteiger partial charge in [0.15, 0.2) is 0 Å². The highest BCUT2D eigenvalue weighted by atomic mass is 19.1. The fourth-order valence-corrected chi connectivity index (χ4v) is 2.18. The summed E-state index contributed by atoms with van der Waals surface area (Å²) >= 11 is 0. The van der Waals surface area contributed by atoms with Gasteiger partial charge in [-0.3, -0.25) is 14.3 Å². The van der Waals surface area contributed by atoms with Crippen LogP contribution in [0, 0.1) is 5.82 Å². The first-order valence-corrected chi connectivity index (χ1v) is 7.83. The molecule has 0 N–H and O–H groups in total. The Labute approximate surface area is 145 Å². The first kappa shape index (κ1) is 18.4. The Hall–Kier alpha value is -2.96. The quantitative estimate of drug-likeness (QED) is 0.570. The van der Waals surface area contributed by atoms with Gasteiger partial charge in [0.25, 0.3) is 0 Å². The van der Waals surface area contributed by atoms with Crippen molar-refractivity contribution in [3.05, 3.63) is 59.7 Å². The average molecular weight is 345 g/mol. The van der Waals surface area contributed by atoms with Crippen molar-refractivity contribution in [3.63, 3.8) is 0 Å². The maximum absolute atomic E-state index is 13.0. The summed E-state index contributed by atoms with van der Waals surface area (Å²) in [5.41, 5.74) is 1.49. The minimum absolute atomic E-state index is 0.176. The van der Waals surface area contributed by atoms with Gasteiger partial charge in [0.1, 0.15) is 12.4 Å². The normalized spacial score (nSPS) is 10.8. The molecule has 25 heavy (non-hydrogen) atoms. The number of carbonyl (C=O) groups is 2. The molecule has 1 aromatic carbocycles. The zero-order valence-corrected chi connectivity index (χ0v) is 14.2. The predicted molar refractivity (Wildman–Crippen MR) is 90.7 cm³/mol. The molecule has 0 aliphatic carbocycles. The number of carbonyl (C=O) groups excluding carboxylic acids is 2. The van der Waals surface area contributed by atoms with E-state index in [1.807, 2.05) is 0 Å². The second kappa shape index (κ2) is 8.77. The molecule has 2 aromatic rings. The Morgan fingerprint density at radius 2 is 2.04 bits per heavy atom. The summed E-state index contributed by atoms with van der Waals surface area (Å²) in [7, 11) is 1.78. The van der Waals surface area contributed by atoms with Crippen molar-refractivity contribution in [2.75, 3.05) is 13.2 Å². The lowest BCUT2D eigenvalue weighted by Crippen LogP contribution is -2.35. The molecule has 2 rings (SSSR count). The van der Waals surface area contributed by atoms with E-state index >= 15 is 0 Å². The summed E-state index contributed by atoms with van der Waals surface area (Å²) in [5, 5.41) is 4.02. The summed E-state index contributed by atoms with van der Waals surface area (Å²) in [6.45, 7) is 1.94. The van der Waals surface area contributed by atoms with Crippen LogP contribution in [0.15, 0.2) is 42.7 Å². The number of nitrogens with zero attached hydrogens (tertiary/aromatic N) is 3. The first-order chi connectivity index (χ1) is 12.0. The number of esters is 1. The van der Waals surface area contributed by atoms with Gasteiger partial charge in [-0.2, -0.15) is 5.10 Å². The third-order valence-corrected chi connectivity index (χ3v) is 3.37. The maximum atomic E-state index is 13.0. The van der Waals surface area contributed by atoms with E-state index < -0.39 is 5.97 Å². The Balaban J connectivity index is 2.11. The molecule has 0 fully saturated rings. The van der Waals surface area contributed by atoms with Crippen LogP contribution in [-0.4, -0.2) is 39.7 Å². The minimum atomic E-state index is -0.493. The second-order valence-electron chi connectivity index (χ2n) is 5.41. The van der Waals surface area contributed by atoms with E-state index in [2.05, 4.69) is 5.10 Å². The van der Waals surface area contributed by atoms with Gasteiger partial charge >= 0.3 is 5.97 Å². The second-order valence-corrected chi connectivity index (χ2v) is 5.41. The topological polar surface area (TPSA) is 64.4 Å². The average Bonchev–Trinajstić information content (AvgIpc) is 2.99. The van der Waals surface area contributed by atoms with Gasteiger partial charge in [-0.25, -0.2) is 4.39 Å². The predicted octanol–water partition coefficient (Wildman–Crippen LogP) is 2.16. The molecule has 6 nitrogen and oxygen atoms in total.